The number of sulfonamides is 1. The first-order valence-electron chi connectivity index (χ1n) is 9.33. The maximum atomic E-state index is 13.2. The van der Waals surface area contributed by atoms with Gasteiger partial charge in [0.1, 0.15) is 24.2 Å². The molecule has 0 radical (unpaired) electrons. The van der Waals surface area contributed by atoms with Gasteiger partial charge in [-0.25, -0.2) is 17.6 Å². The number of halogens is 1. The van der Waals surface area contributed by atoms with Gasteiger partial charge in [0, 0.05) is 0 Å². The van der Waals surface area contributed by atoms with Crippen molar-refractivity contribution in [3.8, 4) is 5.75 Å². The van der Waals surface area contributed by atoms with E-state index in [-0.39, 0.29) is 17.3 Å². The number of piperazine rings is 1. The normalized spacial score (nSPS) is 19.5. The average molecular weight is 451 g/mol. The summed E-state index contributed by atoms with van der Waals surface area (Å²) in [5, 5.41) is 2.50. The van der Waals surface area contributed by atoms with Crippen LogP contribution in [-0.4, -0.2) is 43.2 Å². The van der Waals surface area contributed by atoms with E-state index in [0.29, 0.717) is 5.75 Å². The van der Waals surface area contributed by atoms with Crippen molar-refractivity contribution in [2.24, 2.45) is 5.90 Å². The van der Waals surface area contributed by atoms with Crippen molar-refractivity contribution in [3.63, 3.8) is 0 Å². The third kappa shape index (κ3) is 4.84. The Morgan fingerprint density at radius 1 is 1.26 bits per heavy atom. The number of amides is 1. The molecule has 0 saturated carbocycles. The number of aryl methyl sites for hydroxylation is 1. The van der Waals surface area contributed by atoms with Gasteiger partial charge in [-0.3, -0.25) is 4.79 Å². The number of hydrogen-bond acceptors (Lipinski definition) is 7. The summed E-state index contributed by atoms with van der Waals surface area (Å²) in [6.07, 6.45) is 0. The lowest BCUT2D eigenvalue weighted by molar-refractivity contribution is -0.151. The second-order valence-corrected chi connectivity index (χ2v) is 9.01. The lowest BCUT2D eigenvalue weighted by Crippen LogP contribution is -2.64. The Morgan fingerprint density at radius 3 is 2.55 bits per heavy atom. The summed E-state index contributed by atoms with van der Waals surface area (Å²) in [6, 6.07) is 7.74. The fourth-order valence-corrected chi connectivity index (χ4v) is 4.92. The first kappa shape index (κ1) is 22.7. The molecule has 0 bridgehead atoms. The Balaban J connectivity index is 1.79. The quantitative estimate of drug-likeness (QED) is 0.627. The molecule has 0 unspecified atom stereocenters. The molecule has 1 amide bonds. The molecule has 11 heteroatoms. The Bertz CT molecular complexity index is 1090. The van der Waals surface area contributed by atoms with Crippen molar-refractivity contribution in [2.45, 2.75) is 37.4 Å². The van der Waals surface area contributed by atoms with Crippen LogP contribution in [0.4, 0.5) is 4.39 Å². The Morgan fingerprint density at radius 2 is 1.94 bits per heavy atom. The molecule has 0 aliphatic carbocycles. The topological polar surface area (TPSA) is 128 Å². The van der Waals surface area contributed by atoms with Crippen LogP contribution in [0, 0.1) is 12.7 Å². The van der Waals surface area contributed by atoms with E-state index in [9.17, 15) is 22.4 Å². The third-order valence-corrected chi connectivity index (χ3v) is 6.80. The zero-order chi connectivity index (χ0) is 22.8. The van der Waals surface area contributed by atoms with Gasteiger partial charge in [0.15, 0.2) is 0 Å². The van der Waals surface area contributed by atoms with E-state index < -0.39 is 40.5 Å². The van der Waals surface area contributed by atoms with Crippen LogP contribution >= 0.6 is 0 Å². The molecular formula is C20H22FN3O6S. The fraction of sp³-hybridized carbons (Fsp3) is 0.300. The maximum absolute atomic E-state index is 13.2. The number of benzene rings is 2. The molecule has 2 aromatic carbocycles. The van der Waals surface area contributed by atoms with Gasteiger partial charge in [-0.2, -0.15) is 10.2 Å². The maximum Gasteiger partial charge on any atom is 0.345 e. The number of carbonyl (C=O) groups is 2. The summed E-state index contributed by atoms with van der Waals surface area (Å²) in [6.45, 7) is 2.87. The predicted molar refractivity (Wildman–Crippen MR) is 107 cm³/mol. The molecule has 1 heterocycles. The molecule has 3 N–H and O–H groups in total. The van der Waals surface area contributed by atoms with Crippen LogP contribution in [0.15, 0.2) is 47.4 Å². The minimum Gasteiger partial charge on any atom is -0.489 e. The molecule has 3 rings (SSSR count). The van der Waals surface area contributed by atoms with Gasteiger partial charge in [-0.15, -0.1) is 0 Å². The second-order valence-electron chi connectivity index (χ2n) is 7.12. The largest absolute Gasteiger partial charge is 0.489 e. The zero-order valence-electron chi connectivity index (χ0n) is 16.9. The molecule has 2 atom stereocenters. The molecule has 9 nitrogen and oxygen atoms in total. The van der Waals surface area contributed by atoms with Crippen molar-refractivity contribution in [1.82, 2.24) is 9.62 Å². The number of hydrogen-bond donors (Lipinski definition) is 2. The molecule has 1 fully saturated rings. The monoisotopic (exact) mass is 451 g/mol. The van der Waals surface area contributed by atoms with Crippen LogP contribution in [0.5, 0.6) is 5.75 Å². The summed E-state index contributed by atoms with van der Waals surface area (Å²) in [5.74, 6) is 3.47. The Hall–Kier alpha value is -3.02. The van der Waals surface area contributed by atoms with Crippen LogP contribution in [0.3, 0.4) is 0 Å². The first-order chi connectivity index (χ1) is 14.6. The summed E-state index contributed by atoms with van der Waals surface area (Å²) in [7, 11) is -4.21. The number of carbonyl (C=O) groups excluding carboxylic acids is 2. The minimum atomic E-state index is -4.21. The molecule has 1 aliphatic rings. The van der Waals surface area contributed by atoms with Crippen LogP contribution in [0.1, 0.15) is 18.1 Å². The van der Waals surface area contributed by atoms with Crippen LogP contribution in [-0.2, 0) is 31.1 Å². The fourth-order valence-electron chi connectivity index (χ4n) is 3.32. The van der Waals surface area contributed by atoms with E-state index >= 15 is 0 Å². The summed E-state index contributed by atoms with van der Waals surface area (Å²) < 4.78 is 45.8. The number of rotatable bonds is 6. The van der Waals surface area contributed by atoms with Gasteiger partial charge in [0.05, 0.1) is 17.5 Å². The number of nitrogens with zero attached hydrogens (tertiary/aromatic N) is 1. The lowest BCUT2D eigenvalue weighted by atomic mass is 10.1. The van der Waals surface area contributed by atoms with Crippen molar-refractivity contribution < 1.29 is 32.0 Å². The predicted octanol–water partition coefficient (Wildman–Crippen LogP) is 1.01. The molecule has 0 spiro atoms. The molecule has 31 heavy (non-hydrogen) atoms. The highest BCUT2D eigenvalue weighted by Gasteiger charge is 2.45. The van der Waals surface area contributed by atoms with Gasteiger partial charge >= 0.3 is 5.97 Å². The second kappa shape index (κ2) is 9.00. The van der Waals surface area contributed by atoms with Gasteiger partial charge in [0.2, 0.25) is 15.9 Å². The van der Waals surface area contributed by atoms with Crippen LogP contribution < -0.4 is 16.0 Å². The van der Waals surface area contributed by atoms with E-state index in [1.165, 1.54) is 43.3 Å². The Kier molecular flexibility index (Phi) is 6.58. The molecule has 0 aromatic heterocycles. The van der Waals surface area contributed by atoms with Gasteiger partial charge in [-0.05, 0) is 61.4 Å². The molecule has 1 aliphatic heterocycles. The van der Waals surface area contributed by atoms with E-state index in [0.717, 1.165) is 15.4 Å². The minimum absolute atomic E-state index is 0.130. The highest BCUT2D eigenvalue weighted by molar-refractivity contribution is 7.89. The van der Waals surface area contributed by atoms with Crippen LogP contribution in [0.2, 0.25) is 0 Å². The highest BCUT2D eigenvalue weighted by atomic mass is 32.2. The summed E-state index contributed by atoms with van der Waals surface area (Å²) in [5.41, 5.74) is 1.52. The zero-order valence-corrected chi connectivity index (χ0v) is 17.7. The smallest absolute Gasteiger partial charge is 0.345 e. The Labute approximate surface area is 178 Å². The van der Waals surface area contributed by atoms with E-state index in [1.807, 2.05) is 0 Å². The van der Waals surface area contributed by atoms with Crippen LogP contribution in [0.25, 0.3) is 0 Å². The van der Waals surface area contributed by atoms with E-state index in [2.05, 4.69) is 10.2 Å². The lowest BCUT2D eigenvalue weighted by Gasteiger charge is -2.36. The number of nitrogens with one attached hydrogen (secondary N) is 1. The molecule has 2 aromatic rings. The molecule has 1 saturated heterocycles. The summed E-state index contributed by atoms with van der Waals surface area (Å²) in [4.78, 5) is 28.0. The van der Waals surface area contributed by atoms with Gasteiger partial charge in [0.25, 0.3) is 0 Å². The highest BCUT2D eigenvalue weighted by Crippen LogP contribution is 2.25. The summed E-state index contributed by atoms with van der Waals surface area (Å²) >= 11 is 0. The number of ether oxygens (including phenoxy) is 1. The SMILES string of the molecule is Cc1cc(F)ccc1COc1ccc(S(=O)(=O)N2CC(=O)N[C@@H](C)[C@@H]2C(=O)ON)cc1. The standard InChI is InChI=1S/C20H22FN3O6S/c1-12-9-15(21)4-3-14(12)11-29-16-5-7-17(8-6-16)31(27,28)24-10-18(25)23-13(2)19(24)20(26)30-22/h3-9,13,19H,10-11,22H2,1-2H3,(H,23,25)/t13-,19+/m0/s1. The third-order valence-electron chi connectivity index (χ3n) is 4.96. The van der Waals surface area contributed by atoms with Crippen molar-refractivity contribution in [1.29, 1.82) is 0 Å². The molecular weight excluding hydrogens is 429 g/mol. The van der Waals surface area contributed by atoms with Gasteiger partial charge in [-0.1, -0.05) is 6.07 Å². The van der Waals surface area contributed by atoms with E-state index in [1.54, 1.807) is 13.0 Å². The molecule has 166 valence electrons. The van der Waals surface area contributed by atoms with Crippen molar-refractivity contribution in [2.75, 3.05) is 6.54 Å². The van der Waals surface area contributed by atoms with E-state index in [4.69, 9.17) is 10.6 Å². The first-order valence-corrected chi connectivity index (χ1v) is 10.8. The van der Waals surface area contributed by atoms with Crippen molar-refractivity contribution in [3.05, 3.63) is 59.4 Å². The van der Waals surface area contributed by atoms with Gasteiger partial charge < -0.3 is 14.9 Å². The van der Waals surface area contributed by atoms with Crippen molar-refractivity contribution >= 4 is 21.9 Å². The average Bonchev–Trinajstić information content (AvgIpc) is 2.72. The number of nitrogens with two attached hydrogens (primary N) is 1.